The van der Waals surface area contributed by atoms with E-state index < -0.39 is 5.97 Å². The van der Waals surface area contributed by atoms with E-state index in [2.05, 4.69) is 0 Å². The highest BCUT2D eigenvalue weighted by Gasteiger charge is 2.19. The Morgan fingerprint density at radius 1 is 0.947 bits per heavy atom. The summed E-state index contributed by atoms with van der Waals surface area (Å²) in [5, 5.41) is 0.903. The average Bonchev–Trinajstić information content (AvgIpc) is 2.34. The molecular weight excluding hydrogens is 330 g/mol. The topological polar surface area (TPSA) is 26.3 Å². The SMILES string of the molecule is O=C(Oc1cccc(Cl)c1)c1c(Cl)ccc(Cl)c1Cl. The summed E-state index contributed by atoms with van der Waals surface area (Å²) in [6.45, 7) is 0. The molecule has 2 aromatic carbocycles. The molecule has 0 amide bonds. The minimum absolute atomic E-state index is 0.0239. The van der Waals surface area contributed by atoms with E-state index in [4.69, 9.17) is 51.1 Å². The van der Waals surface area contributed by atoms with Gasteiger partial charge in [0.25, 0.3) is 0 Å². The van der Waals surface area contributed by atoms with E-state index in [9.17, 15) is 4.79 Å². The van der Waals surface area contributed by atoms with E-state index in [1.54, 1.807) is 18.2 Å². The predicted octanol–water partition coefficient (Wildman–Crippen LogP) is 5.52. The van der Waals surface area contributed by atoms with Gasteiger partial charge in [-0.15, -0.1) is 0 Å². The molecule has 0 N–H and O–H groups in total. The Morgan fingerprint density at radius 2 is 1.63 bits per heavy atom. The summed E-state index contributed by atoms with van der Waals surface area (Å²) in [7, 11) is 0. The molecular formula is C13H6Cl4O2. The van der Waals surface area contributed by atoms with Gasteiger partial charge in [0.1, 0.15) is 5.75 Å². The summed E-state index contributed by atoms with van der Waals surface area (Å²) in [4.78, 5) is 12.0. The van der Waals surface area contributed by atoms with Gasteiger partial charge in [-0.2, -0.15) is 0 Å². The van der Waals surface area contributed by atoms with E-state index in [-0.39, 0.29) is 20.6 Å². The molecule has 0 aliphatic heterocycles. The number of carbonyl (C=O) groups is 1. The van der Waals surface area contributed by atoms with Crippen molar-refractivity contribution in [1.82, 2.24) is 0 Å². The minimum atomic E-state index is -0.695. The van der Waals surface area contributed by atoms with E-state index in [0.717, 1.165) is 0 Å². The summed E-state index contributed by atoms with van der Waals surface area (Å²) < 4.78 is 5.15. The third kappa shape index (κ3) is 3.34. The Hall–Kier alpha value is -0.930. The lowest BCUT2D eigenvalue weighted by molar-refractivity contribution is 0.0735. The molecule has 98 valence electrons. The van der Waals surface area contributed by atoms with Gasteiger partial charge in [-0.3, -0.25) is 0 Å². The van der Waals surface area contributed by atoms with Crippen LogP contribution in [0.15, 0.2) is 36.4 Å². The average molecular weight is 336 g/mol. The number of ether oxygens (including phenoxy) is 1. The van der Waals surface area contributed by atoms with Crippen LogP contribution in [0.5, 0.6) is 5.75 Å². The van der Waals surface area contributed by atoms with Crippen LogP contribution in [0, 0.1) is 0 Å². The Bertz CT molecular complexity index is 641. The molecule has 0 spiro atoms. The Labute approximate surface area is 129 Å². The molecule has 0 unspecified atom stereocenters. The lowest BCUT2D eigenvalue weighted by Crippen LogP contribution is -2.10. The lowest BCUT2D eigenvalue weighted by atomic mass is 10.2. The molecule has 0 heterocycles. The molecule has 6 heteroatoms. The van der Waals surface area contributed by atoms with Crippen molar-refractivity contribution in [3.05, 3.63) is 62.1 Å². The van der Waals surface area contributed by atoms with Gasteiger partial charge >= 0.3 is 5.97 Å². The second-order valence-corrected chi connectivity index (χ2v) is 5.19. The first kappa shape index (κ1) is 14.5. The van der Waals surface area contributed by atoms with E-state index in [1.807, 2.05) is 0 Å². The maximum Gasteiger partial charge on any atom is 0.346 e. The van der Waals surface area contributed by atoms with Gasteiger partial charge in [-0.1, -0.05) is 52.5 Å². The number of rotatable bonds is 2. The zero-order chi connectivity index (χ0) is 14.0. The Morgan fingerprint density at radius 3 is 2.32 bits per heavy atom. The maximum absolute atomic E-state index is 12.0. The van der Waals surface area contributed by atoms with Crippen molar-refractivity contribution in [3.63, 3.8) is 0 Å². The van der Waals surface area contributed by atoms with Crippen molar-refractivity contribution in [2.24, 2.45) is 0 Å². The highest BCUT2D eigenvalue weighted by Crippen LogP contribution is 2.32. The van der Waals surface area contributed by atoms with Crippen LogP contribution in [0.2, 0.25) is 20.1 Å². The molecule has 19 heavy (non-hydrogen) atoms. The molecule has 2 aromatic rings. The van der Waals surface area contributed by atoms with Crippen LogP contribution >= 0.6 is 46.4 Å². The molecule has 0 saturated heterocycles. The second-order valence-electron chi connectivity index (χ2n) is 3.57. The van der Waals surface area contributed by atoms with Crippen molar-refractivity contribution in [2.45, 2.75) is 0 Å². The molecule has 0 radical (unpaired) electrons. The first-order valence-corrected chi connectivity index (χ1v) is 6.61. The fourth-order valence-electron chi connectivity index (χ4n) is 1.40. The normalized spacial score (nSPS) is 10.3. The molecule has 0 atom stereocenters. The number of benzene rings is 2. The summed E-state index contributed by atoms with van der Waals surface area (Å²) in [5.74, 6) is -0.399. The van der Waals surface area contributed by atoms with Gasteiger partial charge in [0.05, 0.1) is 20.6 Å². The largest absolute Gasteiger partial charge is 0.423 e. The van der Waals surface area contributed by atoms with Gasteiger partial charge < -0.3 is 4.74 Å². The number of esters is 1. The van der Waals surface area contributed by atoms with Crippen LogP contribution < -0.4 is 4.74 Å². The molecule has 0 bridgehead atoms. The highest BCUT2D eigenvalue weighted by atomic mass is 35.5. The van der Waals surface area contributed by atoms with Crippen LogP contribution in [0.1, 0.15) is 10.4 Å². The van der Waals surface area contributed by atoms with Crippen LogP contribution in [-0.2, 0) is 0 Å². The smallest absolute Gasteiger partial charge is 0.346 e. The highest BCUT2D eigenvalue weighted by molar-refractivity contribution is 6.46. The first-order chi connectivity index (χ1) is 8.99. The van der Waals surface area contributed by atoms with Crippen molar-refractivity contribution in [1.29, 1.82) is 0 Å². The number of hydrogen-bond acceptors (Lipinski definition) is 2. The molecule has 0 saturated carbocycles. The van der Waals surface area contributed by atoms with Crippen LogP contribution in [-0.4, -0.2) is 5.97 Å². The third-order valence-corrected chi connectivity index (χ3v) is 3.61. The fraction of sp³-hybridized carbons (Fsp3) is 0. The van der Waals surface area contributed by atoms with E-state index >= 15 is 0 Å². The number of hydrogen-bond donors (Lipinski definition) is 0. The van der Waals surface area contributed by atoms with Gasteiger partial charge in [-0.25, -0.2) is 4.79 Å². The fourth-order valence-corrected chi connectivity index (χ4v) is 2.27. The van der Waals surface area contributed by atoms with E-state index in [0.29, 0.717) is 10.8 Å². The standard InChI is InChI=1S/C13H6Cl4O2/c14-7-2-1-3-8(6-7)19-13(18)11-9(15)4-5-10(16)12(11)17/h1-6H. The van der Waals surface area contributed by atoms with Gasteiger partial charge in [0, 0.05) is 5.02 Å². The summed E-state index contributed by atoms with van der Waals surface area (Å²) >= 11 is 23.5. The molecule has 0 aromatic heterocycles. The number of carbonyl (C=O) groups excluding carboxylic acids is 1. The zero-order valence-electron chi connectivity index (χ0n) is 9.29. The van der Waals surface area contributed by atoms with Crippen LogP contribution in [0.4, 0.5) is 0 Å². The lowest BCUT2D eigenvalue weighted by Gasteiger charge is -2.08. The second kappa shape index (κ2) is 6.02. The van der Waals surface area contributed by atoms with Crippen molar-refractivity contribution in [3.8, 4) is 5.75 Å². The van der Waals surface area contributed by atoms with Gasteiger partial charge in [-0.05, 0) is 30.3 Å². The zero-order valence-corrected chi connectivity index (χ0v) is 12.3. The molecule has 0 aliphatic rings. The predicted molar refractivity (Wildman–Crippen MR) is 77.9 cm³/mol. The Balaban J connectivity index is 2.33. The van der Waals surface area contributed by atoms with Gasteiger partial charge in [0.2, 0.25) is 0 Å². The maximum atomic E-state index is 12.0. The van der Waals surface area contributed by atoms with Crippen molar-refractivity contribution in [2.75, 3.05) is 0 Å². The summed E-state index contributed by atoms with van der Waals surface area (Å²) in [6, 6.07) is 9.40. The third-order valence-electron chi connectivity index (χ3n) is 2.25. The first-order valence-electron chi connectivity index (χ1n) is 5.10. The monoisotopic (exact) mass is 334 g/mol. The van der Waals surface area contributed by atoms with E-state index in [1.165, 1.54) is 18.2 Å². The summed E-state index contributed by atoms with van der Waals surface area (Å²) in [5.41, 5.74) is 0.0239. The molecule has 0 aliphatic carbocycles. The van der Waals surface area contributed by atoms with Crippen LogP contribution in [0.3, 0.4) is 0 Å². The quantitative estimate of drug-likeness (QED) is 0.410. The Kier molecular flexibility index (Phi) is 4.58. The van der Waals surface area contributed by atoms with Gasteiger partial charge in [0.15, 0.2) is 0 Å². The molecule has 2 nitrogen and oxygen atoms in total. The number of halogens is 4. The summed E-state index contributed by atoms with van der Waals surface area (Å²) in [6.07, 6.45) is 0. The molecule has 0 fully saturated rings. The van der Waals surface area contributed by atoms with Crippen LogP contribution in [0.25, 0.3) is 0 Å². The molecule has 2 rings (SSSR count). The minimum Gasteiger partial charge on any atom is -0.423 e. The van der Waals surface area contributed by atoms with Crippen molar-refractivity contribution < 1.29 is 9.53 Å². The van der Waals surface area contributed by atoms with Crippen molar-refractivity contribution >= 4 is 52.4 Å².